The number of aryl methyl sites for hydroxylation is 1. The molecule has 26 heavy (non-hydrogen) atoms. The number of allylic oxidation sites excluding steroid dienone is 1. The van der Waals surface area contributed by atoms with Crippen LogP contribution in [0.1, 0.15) is 17.0 Å². The van der Waals surface area contributed by atoms with Crippen LogP contribution in [-0.4, -0.2) is 16.6 Å². The van der Waals surface area contributed by atoms with Crippen molar-refractivity contribution in [2.75, 3.05) is 6.61 Å². The highest BCUT2D eigenvalue weighted by Crippen LogP contribution is 2.35. The number of imidazole rings is 1. The highest BCUT2D eigenvalue weighted by molar-refractivity contribution is 9.11. The van der Waals surface area contributed by atoms with Crippen LogP contribution in [0.5, 0.6) is 5.75 Å². The highest BCUT2D eigenvalue weighted by atomic mass is 79.9. The Bertz CT molecular complexity index is 1040. The molecule has 1 N–H and O–H groups in total. The molecule has 0 atom stereocenters. The van der Waals surface area contributed by atoms with E-state index in [4.69, 9.17) is 4.74 Å². The second-order valence-corrected chi connectivity index (χ2v) is 7.40. The van der Waals surface area contributed by atoms with Gasteiger partial charge in [0.15, 0.2) is 0 Å². The van der Waals surface area contributed by atoms with Crippen LogP contribution in [0.4, 0.5) is 0 Å². The summed E-state index contributed by atoms with van der Waals surface area (Å²) in [6.45, 7) is 6.08. The Morgan fingerprint density at radius 3 is 2.69 bits per heavy atom. The fraction of sp³-hybridized carbons (Fsp3) is 0.100. The number of nitrogens with zero attached hydrogens (tertiary/aromatic N) is 2. The van der Waals surface area contributed by atoms with Gasteiger partial charge >= 0.3 is 0 Å². The Labute approximate surface area is 168 Å². The normalized spacial score (nSPS) is 11.4. The number of ether oxygens (including phenoxy) is 1. The average molecular weight is 473 g/mol. The predicted octanol–water partition coefficient (Wildman–Crippen LogP) is 6.03. The summed E-state index contributed by atoms with van der Waals surface area (Å²) in [7, 11) is 0. The number of H-pyrrole nitrogens is 1. The summed E-state index contributed by atoms with van der Waals surface area (Å²) in [5.41, 5.74) is 4.19. The Morgan fingerprint density at radius 1 is 1.31 bits per heavy atom. The maximum atomic E-state index is 9.59. The molecule has 6 heteroatoms. The van der Waals surface area contributed by atoms with Crippen LogP contribution in [0.3, 0.4) is 0 Å². The Kier molecular flexibility index (Phi) is 5.60. The van der Waals surface area contributed by atoms with Crippen LogP contribution in [0, 0.1) is 18.3 Å². The van der Waals surface area contributed by atoms with Gasteiger partial charge in [0.2, 0.25) is 0 Å². The summed E-state index contributed by atoms with van der Waals surface area (Å²) in [6, 6.07) is 12.0. The van der Waals surface area contributed by atoms with Crippen LogP contribution < -0.4 is 4.74 Å². The first-order valence-electron chi connectivity index (χ1n) is 7.83. The van der Waals surface area contributed by atoms with Gasteiger partial charge in [-0.05, 0) is 80.3 Å². The molecule has 0 radical (unpaired) electrons. The smallest absolute Gasteiger partial charge is 0.149 e. The van der Waals surface area contributed by atoms with E-state index < -0.39 is 0 Å². The van der Waals surface area contributed by atoms with E-state index in [-0.39, 0.29) is 0 Å². The maximum absolute atomic E-state index is 9.59. The fourth-order valence-electron chi connectivity index (χ4n) is 2.51. The van der Waals surface area contributed by atoms with Crippen LogP contribution >= 0.6 is 31.9 Å². The third-order valence-corrected chi connectivity index (χ3v) is 4.87. The molecule has 0 amide bonds. The minimum Gasteiger partial charge on any atom is -0.487 e. The van der Waals surface area contributed by atoms with Gasteiger partial charge in [-0.2, -0.15) is 5.26 Å². The zero-order chi connectivity index (χ0) is 18.7. The largest absolute Gasteiger partial charge is 0.487 e. The quantitative estimate of drug-likeness (QED) is 0.364. The van der Waals surface area contributed by atoms with E-state index in [1.165, 1.54) is 0 Å². The van der Waals surface area contributed by atoms with Crippen LogP contribution in [-0.2, 0) is 0 Å². The van der Waals surface area contributed by atoms with Gasteiger partial charge < -0.3 is 9.72 Å². The molecule has 0 saturated heterocycles. The third-order valence-electron chi connectivity index (χ3n) is 3.69. The molecular weight excluding hydrogens is 458 g/mol. The molecule has 0 unspecified atom stereocenters. The molecule has 2 aromatic carbocycles. The number of nitriles is 1. The summed E-state index contributed by atoms with van der Waals surface area (Å²) >= 11 is 7.01. The van der Waals surface area contributed by atoms with Gasteiger partial charge in [-0.25, -0.2) is 4.98 Å². The standard InChI is InChI=1S/C20H15Br2N3O/c1-3-6-26-19-15(21)9-13(10-16(19)22)8-14(11-23)20-24-17-5-4-12(2)7-18(17)25-20/h3-5,7-10H,1,6H2,2H3,(H,24,25)/b14-8+. The minimum atomic E-state index is 0.411. The van der Waals surface area contributed by atoms with Crippen molar-refractivity contribution in [2.45, 2.75) is 6.92 Å². The molecule has 4 nitrogen and oxygen atoms in total. The Hall–Kier alpha value is -2.36. The van der Waals surface area contributed by atoms with Crippen molar-refractivity contribution in [3.05, 3.63) is 68.9 Å². The first-order valence-corrected chi connectivity index (χ1v) is 9.41. The number of hydrogen-bond acceptors (Lipinski definition) is 3. The summed E-state index contributed by atoms with van der Waals surface area (Å²) in [6.07, 6.45) is 3.47. The van der Waals surface area contributed by atoms with Crippen molar-refractivity contribution in [3.8, 4) is 11.8 Å². The van der Waals surface area contributed by atoms with Crippen molar-refractivity contribution in [1.82, 2.24) is 9.97 Å². The molecule has 0 aliphatic heterocycles. The van der Waals surface area contributed by atoms with Crippen molar-refractivity contribution in [1.29, 1.82) is 5.26 Å². The maximum Gasteiger partial charge on any atom is 0.149 e. The molecule has 0 aliphatic rings. The molecule has 0 aliphatic carbocycles. The lowest BCUT2D eigenvalue weighted by Crippen LogP contribution is -1.95. The summed E-state index contributed by atoms with van der Waals surface area (Å²) < 4.78 is 7.20. The molecule has 3 aromatic rings. The van der Waals surface area contributed by atoms with E-state index in [2.05, 4.69) is 54.5 Å². The molecule has 0 fully saturated rings. The molecule has 1 aromatic heterocycles. The van der Waals surface area contributed by atoms with E-state index in [1.807, 2.05) is 37.3 Å². The average Bonchev–Trinajstić information content (AvgIpc) is 3.01. The molecule has 3 rings (SSSR count). The minimum absolute atomic E-state index is 0.411. The van der Waals surface area contributed by atoms with Gasteiger partial charge in [-0.15, -0.1) is 0 Å². The van der Waals surface area contributed by atoms with Crippen molar-refractivity contribution < 1.29 is 4.74 Å². The van der Waals surface area contributed by atoms with Crippen LogP contribution in [0.25, 0.3) is 22.7 Å². The summed E-state index contributed by atoms with van der Waals surface area (Å²) in [5, 5.41) is 9.59. The number of rotatable bonds is 5. The van der Waals surface area contributed by atoms with E-state index in [0.717, 1.165) is 31.1 Å². The van der Waals surface area contributed by atoms with Crippen molar-refractivity contribution in [3.63, 3.8) is 0 Å². The number of benzene rings is 2. The number of halogens is 2. The molecule has 1 heterocycles. The van der Waals surface area contributed by atoms with Crippen LogP contribution in [0.15, 0.2) is 51.9 Å². The van der Waals surface area contributed by atoms with Gasteiger partial charge in [0.25, 0.3) is 0 Å². The van der Waals surface area contributed by atoms with E-state index in [0.29, 0.717) is 23.8 Å². The number of nitrogens with one attached hydrogen (secondary N) is 1. The second-order valence-electron chi connectivity index (χ2n) is 5.69. The predicted molar refractivity (Wildman–Crippen MR) is 112 cm³/mol. The SMILES string of the molecule is C=CCOc1c(Br)cc(/C=C(\C#N)c2nc3ccc(C)cc3[nH]2)cc1Br. The van der Waals surface area contributed by atoms with Gasteiger partial charge in [-0.3, -0.25) is 0 Å². The molecule has 0 bridgehead atoms. The Balaban J connectivity index is 2.00. The third kappa shape index (κ3) is 3.90. The number of aromatic nitrogens is 2. The highest BCUT2D eigenvalue weighted by Gasteiger charge is 2.11. The van der Waals surface area contributed by atoms with E-state index >= 15 is 0 Å². The Morgan fingerprint density at radius 2 is 2.04 bits per heavy atom. The zero-order valence-electron chi connectivity index (χ0n) is 14.0. The van der Waals surface area contributed by atoms with E-state index in [1.54, 1.807) is 12.2 Å². The van der Waals surface area contributed by atoms with Crippen molar-refractivity contribution >= 4 is 54.5 Å². The fourth-order valence-corrected chi connectivity index (χ4v) is 3.97. The summed E-state index contributed by atoms with van der Waals surface area (Å²) in [4.78, 5) is 7.73. The first kappa shape index (κ1) is 18.4. The van der Waals surface area contributed by atoms with Crippen LogP contribution in [0.2, 0.25) is 0 Å². The van der Waals surface area contributed by atoms with E-state index in [9.17, 15) is 5.26 Å². The van der Waals surface area contributed by atoms with Gasteiger partial charge in [0.1, 0.15) is 24.3 Å². The van der Waals surface area contributed by atoms with Gasteiger partial charge in [0.05, 0.1) is 25.6 Å². The topological polar surface area (TPSA) is 61.7 Å². The lowest BCUT2D eigenvalue weighted by atomic mass is 10.1. The molecule has 0 saturated carbocycles. The number of hydrogen-bond donors (Lipinski definition) is 1. The number of fused-ring (bicyclic) bond motifs is 1. The lowest BCUT2D eigenvalue weighted by molar-refractivity contribution is 0.358. The van der Waals surface area contributed by atoms with Crippen molar-refractivity contribution in [2.24, 2.45) is 0 Å². The molecular formula is C20H15Br2N3O. The van der Waals surface area contributed by atoms with Gasteiger partial charge in [-0.1, -0.05) is 18.7 Å². The lowest BCUT2D eigenvalue weighted by Gasteiger charge is -2.09. The second kappa shape index (κ2) is 7.90. The molecule has 130 valence electrons. The number of aromatic amines is 1. The summed E-state index contributed by atoms with van der Waals surface area (Å²) in [5.74, 6) is 1.24. The monoisotopic (exact) mass is 471 g/mol. The zero-order valence-corrected chi connectivity index (χ0v) is 17.2. The van der Waals surface area contributed by atoms with Gasteiger partial charge in [0, 0.05) is 0 Å². The molecule has 0 spiro atoms. The first-order chi connectivity index (χ1) is 12.5.